The molecule has 0 saturated carbocycles. The molecular weight excluding hydrogens is 618 g/mol. The van der Waals surface area contributed by atoms with Crippen molar-refractivity contribution in [2.75, 3.05) is 16.8 Å². The number of aromatic amines is 1. The minimum Gasteiger partial charge on any atom is -0.341 e. The molecule has 5 aromatic rings. The molecule has 6 rings (SSSR count). The van der Waals surface area contributed by atoms with E-state index in [4.69, 9.17) is 0 Å². The van der Waals surface area contributed by atoms with Crippen molar-refractivity contribution in [3.8, 4) is 6.07 Å². The molecule has 1 aliphatic heterocycles. The maximum atomic E-state index is 15.2. The summed E-state index contributed by atoms with van der Waals surface area (Å²) in [5.74, 6) is -1.48. The Bertz CT molecular complexity index is 2120. The molecule has 4 aromatic carbocycles. The van der Waals surface area contributed by atoms with E-state index in [0.29, 0.717) is 44.8 Å². The van der Waals surface area contributed by atoms with Crippen LogP contribution in [0.4, 0.5) is 11.4 Å². The van der Waals surface area contributed by atoms with Gasteiger partial charge in [0.2, 0.25) is 5.91 Å². The van der Waals surface area contributed by atoms with E-state index in [1.165, 1.54) is 11.8 Å². The van der Waals surface area contributed by atoms with Crippen LogP contribution in [0, 0.1) is 11.3 Å². The molecule has 1 aromatic heterocycles. The van der Waals surface area contributed by atoms with Crippen molar-refractivity contribution in [2.24, 2.45) is 0 Å². The highest BCUT2D eigenvalue weighted by molar-refractivity contribution is 6.14. The van der Waals surface area contributed by atoms with Crippen LogP contribution in [0.5, 0.6) is 0 Å². The standard InChI is InChI=1S/C38H35N7O4/c1-22(40-4)36(47)41-33-23(2)44(37(48)26-19-17-25(18-20-26)24(3)46)31-15-9-10-16-32(31)45(38(33)49)35(28-12-6-5-11-27(28)21-39)34-29-13-7-8-14-30(29)42-43-34/h5-20,22-23,33,35,40H,1-4H3,(H,41,47)(H,42,43)/t22?,23?,33?,35-/m0/s1. The first-order valence-electron chi connectivity index (χ1n) is 15.9. The Labute approximate surface area is 283 Å². The van der Waals surface area contributed by atoms with Gasteiger partial charge in [0.1, 0.15) is 12.1 Å². The van der Waals surface area contributed by atoms with E-state index >= 15 is 4.79 Å². The Balaban J connectivity index is 1.62. The fourth-order valence-electron chi connectivity index (χ4n) is 6.30. The molecule has 11 nitrogen and oxygen atoms in total. The van der Waals surface area contributed by atoms with E-state index in [1.807, 2.05) is 24.3 Å². The minimum atomic E-state index is -1.22. The molecule has 0 radical (unpaired) electrons. The molecule has 0 saturated heterocycles. The van der Waals surface area contributed by atoms with Gasteiger partial charge in [-0.25, -0.2) is 0 Å². The summed E-state index contributed by atoms with van der Waals surface area (Å²) in [5, 5.41) is 24.5. The van der Waals surface area contributed by atoms with Gasteiger partial charge in [0.15, 0.2) is 5.78 Å². The molecule has 1 aliphatic rings. The van der Waals surface area contributed by atoms with Gasteiger partial charge in [-0.2, -0.15) is 10.4 Å². The number of Topliss-reactive ketones (excluding diaryl/α,β-unsaturated/α-hetero) is 1. The molecule has 49 heavy (non-hydrogen) atoms. The largest absolute Gasteiger partial charge is 0.341 e. The number of anilines is 2. The molecule has 0 spiro atoms. The first-order chi connectivity index (χ1) is 23.7. The summed E-state index contributed by atoms with van der Waals surface area (Å²) in [6.07, 6.45) is 0. The van der Waals surface area contributed by atoms with Gasteiger partial charge in [-0.1, -0.05) is 60.7 Å². The second-order valence-electron chi connectivity index (χ2n) is 12.0. The maximum absolute atomic E-state index is 15.2. The van der Waals surface area contributed by atoms with Gasteiger partial charge in [0, 0.05) is 16.5 Å². The third-order valence-electron chi connectivity index (χ3n) is 9.07. The smallest absolute Gasteiger partial charge is 0.258 e. The molecule has 11 heteroatoms. The Morgan fingerprint density at radius 1 is 0.898 bits per heavy atom. The molecular formula is C38H35N7O4. The number of carbonyl (C=O) groups is 4. The van der Waals surface area contributed by atoms with Crippen molar-refractivity contribution in [1.29, 1.82) is 5.26 Å². The van der Waals surface area contributed by atoms with Gasteiger partial charge in [-0.15, -0.1) is 0 Å². The lowest BCUT2D eigenvalue weighted by Crippen LogP contribution is -2.60. The summed E-state index contributed by atoms with van der Waals surface area (Å²) < 4.78 is 0. The van der Waals surface area contributed by atoms with E-state index in [2.05, 4.69) is 26.9 Å². The molecule has 2 heterocycles. The summed E-state index contributed by atoms with van der Waals surface area (Å²) in [4.78, 5) is 58.3. The van der Waals surface area contributed by atoms with Crippen LogP contribution in [0.1, 0.15) is 64.3 Å². The highest BCUT2D eigenvalue weighted by Crippen LogP contribution is 2.44. The second kappa shape index (κ2) is 13.5. The zero-order valence-corrected chi connectivity index (χ0v) is 27.5. The zero-order chi connectivity index (χ0) is 34.8. The molecule has 3 unspecified atom stereocenters. The second-order valence-corrected chi connectivity index (χ2v) is 12.0. The number of H-pyrrole nitrogens is 1. The fraction of sp³-hybridized carbons (Fsp3) is 0.211. The summed E-state index contributed by atoms with van der Waals surface area (Å²) in [7, 11) is 1.64. The number of hydrogen-bond donors (Lipinski definition) is 3. The number of nitrogens with one attached hydrogen (secondary N) is 3. The van der Waals surface area contributed by atoms with Crippen molar-refractivity contribution in [1.82, 2.24) is 20.8 Å². The van der Waals surface area contributed by atoms with E-state index in [1.54, 1.807) is 98.6 Å². The Morgan fingerprint density at radius 2 is 1.53 bits per heavy atom. The third-order valence-corrected chi connectivity index (χ3v) is 9.07. The molecule has 3 amide bonds. The lowest BCUT2D eigenvalue weighted by Gasteiger charge is -2.34. The summed E-state index contributed by atoms with van der Waals surface area (Å²) >= 11 is 0. The number of fused-ring (bicyclic) bond motifs is 2. The number of nitriles is 1. The first kappa shape index (κ1) is 32.8. The SMILES string of the molecule is CNC(C)C(=O)NC1C(=O)N([C@@H](c2ccccc2C#N)c2[nH]nc3ccccc23)c2ccccc2N(C(=O)c2ccc(C(C)=O)cc2)C1C. The summed E-state index contributed by atoms with van der Waals surface area (Å²) in [6.45, 7) is 4.85. The van der Waals surface area contributed by atoms with Crippen LogP contribution in [0.15, 0.2) is 97.1 Å². The van der Waals surface area contributed by atoms with Crippen LogP contribution in [0.25, 0.3) is 10.9 Å². The predicted molar refractivity (Wildman–Crippen MR) is 186 cm³/mol. The van der Waals surface area contributed by atoms with Crippen LogP contribution in [0.3, 0.4) is 0 Å². The van der Waals surface area contributed by atoms with Gasteiger partial charge >= 0.3 is 0 Å². The molecule has 0 bridgehead atoms. The number of benzene rings is 4. The van der Waals surface area contributed by atoms with Crippen molar-refractivity contribution < 1.29 is 19.2 Å². The number of carbonyl (C=O) groups excluding carboxylic acids is 4. The average molecular weight is 654 g/mol. The lowest BCUT2D eigenvalue weighted by atomic mass is 9.93. The molecule has 0 fully saturated rings. The maximum Gasteiger partial charge on any atom is 0.258 e. The summed E-state index contributed by atoms with van der Waals surface area (Å²) in [5.41, 5.74) is 3.67. The normalized spacial score (nSPS) is 17.1. The van der Waals surface area contributed by atoms with Crippen molar-refractivity contribution >= 4 is 45.8 Å². The van der Waals surface area contributed by atoms with Gasteiger partial charge < -0.3 is 15.5 Å². The van der Waals surface area contributed by atoms with Gasteiger partial charge in [-0.3, -0.25) is 29.2 Å². The fourth-order valence-corrected chi connectivity index (χ4v) is 6.30. The van der Waals surface area contributed by atoms with Crippen LogP contribution >= 0.6 is 0 Å². The molecule has 0 aliphatic carbocycles. The van der Waals surface area contributed by atoms with E-state index in [-0.39, 0.29) is 5.78 Å². The Hall–Kier alpha value is -6.12. The van der Waals surface area contributed by atoms with E-state index in [9.17, 15) is 19.6 Å². The lowest BCUT2D eigenvalue weighted by molar-refractivity contribution is -0.129. The van der Waals surface area contributed by atoms with Crippen molar-refractivity contribution in [2.45, 2.75) is 44.9 Å². The predicted octanol–water partition coefficient (Wildman–Crippen LogP) is 4.90. The van der Waals surface area contributed by atoms with Crippen molar-refractivity contribution in [3.63, 3.8) is 0 Å². The molecule has 3 N–H and O–H groups in total. The number of ketones is 1. The number of aromatic nitrogens is 2. The van der Waals surface area contributed by atoms with Gasteiger partial charge in [0.25, 0.3) is 11.8 Å². The van der Waals surface area contributed by atoms with E-state index < -0.39 is 41.9 Å². The van der Waals surface area contributed by atoms with Crippen LogP contribution in [-0.2, 0) is 9.59 Å². The van der Waals surface area contributed by atoms with E-state index in [0.717, 1.165) is 5.39 Å². The van der Waals surface area contributed by atoms with Crippen LogP contribution < -0.4 is 20.4 Å². The summed E-state index contributed by atoms with van der Waals surface area (Å²) in [6, 6.07) is 26.5. The third kappa shape index (κ3) is 5.94. The number of hydrogen-bond acceptors (Lipinski definition) is 7. The number of rotatable bonds is 8. The number of nitrogens with zero attached hydrogens (tertiary/aromatic N) is 4. The number of para-hydroxylation sites is 3. The minimum absolute atomic E-state index is 0.134. The Kier molecular flexibility index (Phi) is 9.07. The van der Waals surface area contributed by atoms with Crippen molar-refractivity contribution in [3.05, 3.63) is 125 Å². The monoisotopic (exact) mass is 653 g/mol. The quantitative estimate of drug-likeness (QED) is 0.202. The zero-order valence-electron chi connectivity index (χ0n) is 27.5. The molecule has 246 valence electrons. The topological polar surface area (TPSA) is 151 Å². The van der Waals surface area contributed by atoms with Gasteiger partial charge in [0.05, 0.1) is 46.3 Å². The molecule has 4 atom stereocenters. The van der Waals surface area contributed by atoms with Crippen LogP contribution in [-0.4, -0.2) is 58.9 Å². The Morgan fingerprint density at radius 3 is 2.22 bits per heavy atom. The highest BCUT2D eigenvalue weighted by Gasteiger charge is 2.46. The number of amides is 3. The average Bonchev–Trinajstić information content (AvgIpc) is 3.53. The van der Waals surface area contributed by atoms with Gasteiger partial charge in [-0.05, 0) is 69.8 Å². The first-order valence-corrected chi connectivity index (χ1v) is 15.9. The number of likely N-dealkylation sites (N-methyl/N-ethyl adjacent to an activating group) is 1. The van der Waals surface area contributed by atoms with Crippen LogP contribution in [0.2, 0.25) is 0 Å². The highest BCUT2D eigenvalue weighted by atomic mass is 16.2.